The van der Waals surface area contributed by atoms with E-state index in [1.54, 1.807) is 0 Å². The summed E-state index contributed by atoms with van der Waals surface area (Å²) in [4.78, 5) is 14.8. The molecule has 136 valence electrons. The molecule has 0 radical (unpaired) electrons. The van der Waals surface area contributed by atoms with Gasteiger partial charge in [-0.25, -0.2) is 36.3 Å². The normalized spacial score (nSPS) is 11.6. The second-order valence-corrected chi connectivity index (χ2v) is 6.80. The fourth-order valence-corrected chi connectivity index (χ4v) is 3.20. The van der Waals surface area contributed by atoms with E-state index in [0.717, 1.165) is 16.8 Å². The topological polar surface area (TPSA) is 112 Å². The second-order valence-electron chi connectivity index (χ2n) is 5.07. The lowest BCUT2D eigenvalue weighted by Crippen LogP contribution is -2.32. The van der Waals surface area contributed by atoms with Gasteiger partial charge in [-0.2, -0.15) is 5.10 Å². The average Bonchev–Trinajstić information content (AvgIpc) is 3.13. The van der Waals surface area contributed by atoms with E-state index >= 15 is 0 Å². The molecule has 0 saturated heterocycles. The van der Waals surface area contributed by atoms with Crippen LogP contribution in [0.2, 0.25) is 0 Å². The van der Waals surface area contributed by atoms with E-state index in [1.165, 1.54) is 29.5 Å². The number of aromatic nitrogens is 5. The Hall–Kier alpha value is -2.99. The van der Waals surface area contributed by atoms with E-state index in [9.17, 15) is 22.0 Å². The summed E-state index contributed by atoms with van der Waals surface area (Å²) in [5.41, 5.74) is -0.468. The Bertz CT molecular complexity index is 1080. The van der Waals surface area contributed by atoms with Crippen LogP contribution in [0.15, 0.2) is 52.7 Å². The molecule has 0 fully saturated rings. The van der Waals surface area contributed by atoms with Crippen LogP contribution in [0.25, 0.3) is 5.82 Å². The number of halogens is 2. The van der Waals surface area contributed by atoms with Crippen molar-refractivity contribution in [1.82, 2.24) is 29.3 Å². The van der Waals surface area contributed by atoms with Crippen molar-refractivity contribution in [1.29, 1.82) is 0 Å². The van der Waals surface area contributed by atoms with Crippen LogP contribution in [0, 0.1) is 11.6 Å². The second kappa shape index (κ2) is 7.09. The van der Waals surface area contributed by atoms with Crippen molar-refractivity contribution in [3.8, 4) is 5.82 Å². The molecule has 1 aromatic carbocycles. The predicted octanol–water partition coefficient (Wildman–Crippen LogP) is 0.0807. The first kappa shape index (κ1) is 17.8. The highest BCUT2D eigenvalue weighted by Crippen LogP contribution is 2.15. The molecule has 0 aliphatic rings. The van der Waals surface area contributed by atoms with Gasteiger partial charge in [-0.3, -0.25) is 4.79 Å². The fraction of sp³-hybridized carbons (Fsp3) is 0.143. The lowest BCUT2D eigenvalue weighted by molar-refractivity contribution is 0.529. The average molecular weight is 382 g/mol. The van der Waals surface area contributed by atoms with Gasteiger partial charge in [0.1, 0.15) is 29.2 Å². The van der Waals surface area contributed by atoms with Crippen LogP contribution in [-0.2, 0) is 16.6 Å². The molecule has 12 heteroatoms. The summed E-state index contributed by atoms with van der Waals surface area (Å²) in [5.74, 6) is -1.66. The van der Waals surface area contributed by atoms with E-state index in [1.807, 2.05) is 0 Å². The Morgan fingerprint density at radius 1 is 1.15 bits per heavy atom. The predicted molar refractivity (Wildman–Crippen MR) is 85.0 cm³/mol. The summed E-state index contributed by atoms with van der Waals surface area (Å²) < 4.78 is 55.4. The zero-order chi connectivity index (χ0) is 18.7. The summed E-state index contributed by atoms with van der Waals surface area (Å²) in [7, 11) is -4.29. The summed E-state index contributed by atoms with van der Waals surface area (Å²) >= 11 is 0. The van der Waals surface area contributed by atoms with Crippen molar-refractivity contribution in [3.05, 3.63) is 65.0 Å². The molecule has 0 amide bonds. The van der Waals surface area contributed by atoms with Gasteiger partial charge in [-0.15, -0.1) is 5.10 Å². The molecule has 0 saturated carbocycles. The molecule has 3 aromatic rings. The van der Waals surface area contributed by atoms with Crippen LogP contribution >= 0.6 is 0 Å². The van der Waals surface area contributed by atoms with Crippen molar-refractivity contribution in [3.63, 3.8) is 0 Å². The first-order valence-electron chi connectivity index (χ1n) is 7.25. The summed E-state index contributed by atoms with van der Waals surface area (Å²) in [5, 5.41) is 7.91. The van der Waals surface area contributed by atoms with Gasteiger partial charge >= 0.3 is 0 Å². The maximum absolute atomic E-state index is 13.6. The first-order valence-corrected chi connectivity index (χ1v) is 8.73. The van der Waals surface area contributed by atoms with Gasteiger partial charge in [-0.1, -0.05) is 0 Å². The SMILES string of the molecule is O=c1ccc(-n2cncn2)nn1CCNS(=O)(=O)c1cc(F)ccc1F. The van der Waals surface area contributed by atoms with Gasteiger partial charge in [0.2, 0.25) is 10.0 Å². The number of nitrogens with zero attached hydrogens (tertiary/aromatic N) is 5. The molecule has 2 heterocycles. The zero-order valence-electron chi connectivity index (χ0n) is 13.1. The Balaban J connectivity index is 1.74. The third kappa shape index (κ3) is 3.81. The fourth-order valence-electron chi connectivity index (χ4n) is 2.09. The van der Waals surface area contributed by atoms with E-state index in [2.05, 4.69) is 19.9 Å². The number of nitrogens with one attached hydrogen (secondary N) is 1. The zero-order valence-corrected chi connectivity index (χ0v) is 13.9. The largest absolute Gasteiger partial charge is 0.268 e. The van der Waals surface area contributed by atoms with Crippen LogP contribution in [0.3, 0.4) is 0 Å². The molecule has 0 bridgehead atoms. The van der Waals surface area contributed by atoms with Crippen molar-refractivity contribution in [2.75, 3.05) is 6.54 Å². The minimum Gasteiger partial charge on any atom is -0.268 e. The molecular weight excluding hydrogens is 370 g/mol. The molecule has 0 aliphatic heterocycles. The van der Waals surface area contributed by atoms with Crippen molar-refractivity contribution >= 4 is 10.0 Å². The van der Waals surface area contributed by atoms with Gasteiger partial charge in [0.25, 0.3) is 5.56 Å². The molecule has 0 atom stereocenters. The van der Waals surface area contributed by atoms with Crippen molar-refractivity contribution in [2.24, 2.45) is 0 Å². The number of hydrogen-bond donors (Lipinski definition) is 1. The van der Waals surface area contributed by atoms with Crippen molar-refractivity contribution in [2.45, 2.75) is 11.4 Å². The molecule has 0 spiro atoms. The van der Waals surface area contributed by atoms with Crippen LogP contribution in [-0.4, -0.2) is 39.5 Å². The molecular formula is C14H12F2N6O3S. The van der Waals surface area contributed by atoms with Crippen LogP contribution in [0.1, 0.15) is 0 Å². The molecule has 3 rings (SSSR count). The molecule has 2 aromatic heterocycles. The van der Waals surface area contributed by atoms with Crippen LogP contribution < -0.4 is 10.3 Å². The van der Waals surface area contributed by atoms with Gasteiger partial charge in [0.05, 0.1) is 6.54 Å². The van der Waals surface area contributed by atoms with E-state index in [4.69, 9.17) is 0 Å². The van der Waals surface area contributed by atoms with Crippen LogP contribution in [0.4, 0.5) is 8.78 Å². The molecule has 0 unspecified atom stereocenters. The quantitative estimate of drug-likeness (QED) is 0.646. The van der Waals surface area contributed by atoms with E-state index in [0.29, 0.717) is 11.9 Å². The summed E-state index contributed by atoms with van der Waals surface area (Å²) in [6.45, 7) is -0.385. The van der Waals surface area contributed by atoms with E-state index < -0.39 is 32.1 Å². The molecule has 1 N–H and O–H groups in total. The smallest absolute Gasteiger partial charge is 0.266 e. The first-order chi connectivity index (χ1) is 12.4. The highest BCUT2D eigenvalue weighted by atomic mass is 32.2. The number of hydrogen-bond acceptors (Lipinski definition) is 6. The van der Waals surface area contributed by atoms with Crippen molar-refractivity contribution < 1.29 is 17.2 Å². The van der Waals surface area contributed by atoms with Crippen LogP contribution in [0.5, 0.6) is 0 Å². The molecule has 26 heavy (non-hydrogen) atoms. The Morgan fingerprint density at radius 2 is 1.96 bits per heavy atom. The number of sulfonamides is 1. The minimum atomic E-state index is -4.29. The third-order valence-electron chi connectivity index (χ3n) is 3.30. The Morgan fingerprint density at radius 3 is 2.69 bits per heavy atom. The van der Waals surface area contributed by atoms with Gasteiger partial charge in [0, 0.05) is 12.6 Å². The Kier molecular flexibility index (Phi) is 4.86. The lowest BCUT2D eigenvalue weighted by atomic mass is 10.3. The number of rotatable bonds is 6. The van der Waals surface area contributed by atoms with E-state index in [-0.39, 0.29) is 13.1 Å². The maximum atomic E-state index is 13.6. The minimum absolute atomic E-state index is 0.127. The molecule has 9 nitrogen and oxygen atoms in total. The van der Waals surface area contributed by atoms with Gasteiger partial charge < -0.3 is 0 Å². The van der Waals surface area contributed by atoms with Gasteiger partial charge in [0.15, 0.2) is 5.82 Å². The standard InChI is InChI=1S/C14H12F2N6O3S/c15-10-1-2-11(16)12(7-10)26(24,25)19-5-6-21-14(23)4-3-13(20-21)22-9-17-8-18-22/h1-4,7-9,19H,5-6H2. The monoisotopic (exact) mass is 382 g/mol. The highest BCUT2D eigenvalue weighted by Gasteiger charge is 2.19. The molecule has 0 aliphatic carbocycles. The summed E-state index contributed by atoms with van der Waals surface area (Å²) in [6.07, 6.45) is 2.67. The number of benzene rings is 1. The summed E-state index contributed by atoms with van der Waals surface area (Å²) in [6, 6.07) is 4.78. The lowest BCUT2D eigenvalue weighted by Gasteiger charge is -2.09. The highest BCUT2D eigenvalue weighted by molar-refractivity contribution is 7.89. The maximum Gasteiger partial charge on any atom is 0.266 e. The third-order valence-corrected chi connectivity index (χ3v) is 4.78. The van der Waals surface area contributed by atoms with Gasteiger partial charge in [-0.05, 0) is 24.3 Å². The Labute approximate surface area is 146 Å².